The number of hydrogen-bond donors (Lipinski definition) is 2. The number of imidazole rings is 1. The Morgan fingerprint density at radius 1 is 1.29 bits per heavy atom. The topological polar surface area (TPSA) is 111 Å². The van der Waals surface area contributed by atoms with Crippen LogP contribution in [0.25, 0.3) is 0 Å². The highest BCUT2D eigenvalue weighted by molar-refractivity contribution is 7.10. The number of rotatable bonds is 4. The Morgan fingerprint density at radius 2 is 2.04 bits per heavy atom. The van der Waals surface area contributed by atoms with E-state index in [1.807, 2.05) is 10.4 Å². The van der Waals surface area contributed by atoms with Crippen LogP contribution in [0.1, 0.15) is 22.4 Å². The summed E-state index contributed by atoms with van der Waals surface area (Å²) in [5.74, 6) is 0.387. The van der Waals surface area contributed by atoms with Crippen molar-refractivity contribution in [3.63, 3.8) is 0 Å². The zero-order chi connectivity index (χ0) is 19.8. The van der Waals surface area contributed by atoms with Crippen LogP contribution in [0.15, 0.2) is 23.7 Å². The first-order valence-corrected chi connectivity index (χ1v) is 9.75. The van der Waals surface area contributed by atoms with Crippen LogP contribution in [0.4, 0.5) is 9.59 Å². The molecule has 4 rings (SSSR count). The number of piperazine rings is 1. The zero-order valence-electron chi connectivity index (χ0n) is 15.2. The normalized spacial score (nSPS) is 18.2. The number of nitrogens with one attached hydrogen (secondary N) is 1. The van der Waals surface area contributed by atoms with Crippen molar-refractivity contribution in [3.8, 4) is 0 Å². The van der Waals surface area contributed by atoms with Crippen molar-refractivity contribution in [1.29, 1.82) is 0 Å². The van der Waals surface area contributed by atoms with Crippen molar-refractivity contribution in [2.75, 3.05) is 26.2 Å². The summed E-state index contributed by atoms with van der Waals surface area (Å²) < 4.78 is 1.60. The van der Waals surface area contributed by atoms with Gasteiger partial charge in [0.15, 0.2) is 0 Å². The highest BCUT2D eigenvalue weighted by atomic mass is 32.1. The average Bonchev–Trinajstić information content (AvgIpc) is 3.39. The minimum atomic E-state index is -1.24. The Bertz CT molecular complexity index is 903. The van der Waals surface area contributed by atoms with E-state index in [0.717, 1.165) is 5.69 Å². The number of nitrogens with zero attached hydrogens (tertiary/aromatic N) is 5. The number of hydrogen-bond acceptors (Lipinski definition) is 6. The lowest BCUT2D eigenvalue weighted by Gasteiger charge is -2.39. The molecule has 0 spiro atoms. The smallest absolute Gasteiger partial charge is 0.405 e. The van der Waals surface area contributed by atoms with E-state index in [9.17, 15) is 14.4 Å². The van der Waals surface area contributed by atoms with Crippen LogP contribution >= 0.6 is 11.3 Å². The Kier molecular flexibility index (Phi) is 4.77. The van der Waals surface area contributed by atoms with Crippen molar-refractivity contribution in [1.82, 2.24) is 29.8 Å². The van der Waals surface area contributed by atoms with Gasteiger partial charge in [0.2, 0.25) is 0 Å². The monoisotopic (exact) mass is 404 g/mol. The maximum absolute atomic E-state index is 12.9. The zero-order valence-corrected chi connectivity index (χ0v) is 16.1. The minimum absolute atomic E-state index is 0.131. The second-order valence-electron chi connectivity index (χ2n) is 6.65. The molecule has 2 N–H and O–H groups in total. The van der Waals surface area contributed by atoms with Gasteiger partial charge in [-0.2, -0.15) is 0 Å². The Balaban J connectivity index is 1.40. The van der Waals surface area contributed by atoms with Gasteiger partial charge in [-0.25, -0.2) is 24.1 Å². The van der Waals surface area contributed by atoms with Gasteiger partial charge in [-0.05, 0) is 18.4 Å². The summed E-state index contributed by atoms with van der Waals surface area (Å²) in [6.07, 6.45) is 0.467. The standard InChI is InChI=1S/C17H20N6O4S/c1-11-18-9-12-10-22(17(27)23(11)12)21-6-4-20(5-7-21)15(24)14(19-16(25)26)13-3-2-8-28-13/h2-3,8-9,14,19H,4-7,10H2,1H3,(H,25,26). The van der Waals surface area contributed by atoms with E-state index < -0.39 is 12.1 Å². The summed E-state index contributed by atoms with van der Waals surface area (Å²) in [6, 6.07) is 2.49. The highest BCUT2D eigenvalue weighted by Gasteiger charge is 2.36. The fourth-order valence-electron chi connectivity index (χ4n) is 3.60. The van der Waals surface area contributed by atoms with Crippen LogP contribution in [0, 0.1) is 6.92 Å². The highest BCUT2D eigenvalue weighted by Crippen LogP contribution is 2.24. The van der Waals surface area contributed by atoms with Crippen LogP contribution in [0.2, 0.25) is 0 Å². The van der Waals surface area contributed by atoms with Crippen molar-refractivity contribution in [2.45, 2.75) is 19.5 Å². The molecule has 11 heteroatoms. The molecular weight excluding hydrogens is 384 g/mol. The molecule has 0 radical (unpaired) electrons. The predicted octanol–water partition coefficient (Wildman–Crippen LogP) is 1.10. The van der Waals surface area contributed by atoms with Gasteiger partial charge in [-0.3, -0.25) is 9.80 Å². The molecule has 1 unspecified atom stereocenters. The molecule has 2 aliphatic heterocycles. The average molecular weight is 404 g/mol. The lowest BCUT2D eigenvalue weighted by molar-refractivity contribution is -0.137. The summed E-state index contributed by atoms with van der Waals surface area (Å²) in [6.45, 7) is 4.08. The Hall–Kier alpha value is -2.92. The second kappa shape index (κ2) is 7.24. The number of aryl methyl sites for hydroxylation is 1. The first-order valence-electron chi connectivity index (χ1n) is 8.87. The molecule has 0 saturated carbocycles. The number of carboxylic acid groups (broad SMARTS) is 1. The molecule has 1 fully saturated rings. The molecule has 3 amide bonds. The number of amides is 3. The molecule has 1 atom stereocenters. The van der Waals surface area contributed by atoms with Gasteiger partial charge in [-0.1, -0.05) is 6.07 Å². The summed E-state index contributed by atoms with van der Waals surface area (Å²) in [7, 11) is 0. The second-order valence-corrected chi connectivity index (χ2v) is 7.63. The third kappa shape index (κ3) is 3.22. The van der Waals surface area contributed by atoms with Crippen LogP contribution in [0.5, 0.6) is 0 Å². The van der Waals surface area contributed by atoms with Gasteiger partial charge in [0.1, 0.15) is 11.9 Å². The number of carbonyl (C=O) groups is 3. The number of carbonyl (C=O) groups excluding carboxylic acids is 2. The summed E-state index contributed by atoms with van der Waals surface area (Å²) in [5.41, 5.74) is 0.851. The number of aromatic nitrogens is 2. The van der Waals surface area contributed by atoms with Gasteiger partial charge >= 0.3 is 12.1 Å². The van der Waals surface area contributed by atoms with E-state index in [1.165, 1.54) is 11.3 Å². The largest absolute Gasteiger partial charge is 0.465 e. The molecule has 2 aromatic heterocycles. The molecule has 2 aromatic rings. The minimum Gasteiger partial charge on any atom is -0.465 e. The van der Waals surface area contributed by atoms with Crippen LogP contribution in [-0.2, 0) is 11.3 Å². The molecule has 2 aliphatic rings. The SMILES string of the molecule is Cc1ncc2n1C(=O)N(N1CCN(C(=O)C(NC(=O)O)c3cccs3)CC1)C2. The van der Waals surface area contributed by atoms with Gasteiger partial charge in [-0.15, -0.1) is 11.3 Å². The van der Waals surface area contributed by atoms with E-state index in [2.05, 4.69) is 10.3 Å². The molecule has 0 aromatic carbocycles. The fraction of sp³-hybridized carbons (Fsp3) is 0.412. The lowest BCUT2D eigenvalue weighted by Crippen LogP contribution is -2.56. The fourth-order valence-corrected chi connectivity index (χ4v) is 4.36. The van der Waals surface area contributed by atoms with Crippen molar-refractivity contribution in [3.05, 3.63) is 40.1 Å². The van der Waals surface area contributed by atoms with Crippen molar-refractivity contribution in [2.24, 2.45) is 0 Å². The summed E-state index contributed by atoms with van der Waals surface area (Å²) >= 11 is 1.34. The maximum Gasteiger partial charge on any atom is 0.405 e. The van der Waals surface area contributed by atoms with Gasteiger partial charge in [0.05, 0.1) is 18.4 Å². The van der Waals surface area contributed by atoms with Crippen molar-refractivity contribution < 1.29 is 19.5 Å². The quantitative estimate of drug-likeness (QED) is 0.790. The van der Waals surface area contributed by atoms with Gasteiger partial charge in [0.25, 0.3) is 5.91 Å². The summed E-state index contributed by atoms with van der Waals surface area (Å²) in [4.78, 5) is 43.1. The Labute approximate surface area is 164 Å². The molecule has 1 saturated heterocycles. The Morgan fingerprint density at radius 3 is 2.64 bits per heavy atom. The van der Waals surface area contributed by atoms with Crippen LogP contribution in [0.3, 0.4) is 0 Å². The van der Waals surface area contributed by atoms with E-state index in [-0.39, 0.29) is 11.9 Å². The molecule has 4 heterocycles. The predicted molar refractivity (Wildman–Crippen MR) is 99.7 cm³/mol. The number of thiophene rings is 1. The van der Waals surface area contributed by atoms with E-state index >= 15 is 0 Å². The van der Waals surface area contributed by atoms with E-state index in [0.29, 0.717) is 43.4 Å². The first-order chi connectivity index (χ1) is 13.5. The third-order valence-electron chi connectivity index (χ3n) is 4.99. The molecular formula is C17H20N6O4S. The van der Waals surface area contributed by atoms with Crippen molar-refractivity contribution >= 4 is 29.4 Å². The van der Waals surface area contributed by atoms with Gasteiger partial charge < -0.3 is 15.3 Å². The summed E-state index contributed by atoms with van der Waals surface area (Å²) in [5, 5.41) is 16.8. The number of fused-ring (bicyclic) bond motifs is 1. The molecule has 10 nitrogen and oxygen atoms in total. The van der Waals surface area contributed by atoms with Crippen LogP contribution < -0.4 is 5.32 Å². The van der Waals surface area contributed by atoms with E-state index in [1.54, 1.807) is 39.7 Å². The number of hydrazine groups is 1. The molecule has 28 heavy (non-hydrogen) atoms. The van der Waals surface area contributed by atoms with E-state index in [4.69, 9.17) is 5.11 Å². The van der Waals surface area contributed by atoms with Gasteiger partial charge in [0, 0.05) is 31.1 Å². The lowest BCUT2D eigenvalue weighted by atomic mass is 10.2. The van der Waals surface area contributed by atoms with Crippen LogP contribution in [-0.4, -0.2) is 73.8 Å². The molecule has 148 valence electrons. The molecule has 0 aliphatic carbocycles. The first kappa shape index (κ1) is 18.4. The third-order valence-corrected chi connectivity index (χ3v) is 5.92. The maximum atomic E-state index is 12.9. The molecule has 0 bridgehead atoms.